The zero-order valence-corrected chi connectivity index (χ0v) is 12.0. The minimum atomic E-state index is -0.0450. The van der Waals surface area contributed by atoms with Crippen molar-refractivity contribution in [2.75, 3.05) is 39.3 Å². The van der Waals surface area contributed by atoms with Crippen molar-refractivity contribution in [2.45, 2.75) is 6.92 Å². The van der Waals surface area contributed by atoms with Crippen molar-refractivity contribution in [3.8, 4) is 0 Å². The maximum atomic E-state index is 11.7. The highest BCUT2D eigenvalue weighted by Crippen LogP contribution is 2.02. The lowest BCUT2D eigenvalue weighted by Crippen LogP contribution is -2.48. The van der Waals surface area contributed by atoms with Crippen molar-refractivity contribution in [1.82, 2.24) is 15.2 Å². The molecule has 1 aliphatic rings. The summed E-state index contributed by atoms with van der Waals surface area (Å²) in [5, 5.41) is 7.92. The Bertz CT molecular complexity index is 410. The number of carbonyl (C=O) groups is 1. The van der Waals surface area contributed by atoms with Gasteiger partial charge in [-0.25, -0.2) is 5.43 Å². The maximum Gasteiger partial charge on any atom is 0.254 e. The van der Waals surface area contributed by atoms with Crippen molar-refractivity contribution in [1.29, 1.82) is 0 Å². The summed E-state index contributed by atoms with van der Waals surface area (Å²) in [7, 11) is 0. The highest BCUT2D eigenvalue weighted by molar-refractivity contribution is 7.08. The first kappa shape index (κ1) is 14.2. The summed E-state index contributed by atoms with van der Waals surface area (Å²) in [4.78, 5) is 16.3. The third kappa shape index (κ3) is 4.74. The molecule has 0 unspecified atom stereocenters. The number of rotatable bonds is 5. The number of nitrogens with one attached hydrogen (secondary N) is 1. The molecule has 2 heterocycles. The first-order chi connectivity index (χ1) is 9.28. The third-order valence-corrected chi connectivity index (χ3v) is 3.93. The Labute approximate surface area is 117 Å². The van der Waals surface area contributed by atoms with E-state index in [1.807, 2.05) is 16.8 Å². The van der Waals surface area contributed by atoms with Crippen molar-refractivity contribution >= 4 is 23.5 Å². The predicted molar refractivity (Wildman–Crippen MR) is 78.6 cm³/mol. The third-order valence-electron chi connectivity index (χ3n) is 3.23. The van der Waals surface area contributed by atoms with Crippen LogP contribution in [0.1, 0.15) is 12.5 Å². The van der Waals surface area contributed by atoms with E-state index in [1.165, 1.54) is 0 Å². The molecule has 0 radical (unpaired) electrons. The number of hydrogen-bond donors (Lipinski definition) is 1. The van der Waals surface area contributed by atoms with Crippen molar-refractivity contribution < 1.29 is 4.79 Å². The van der Waals surface area contributed by atoms with Crippen LogP contribution in [-0.2, 0) is 4.79 Å². The molecule has 2 rings (SSSR count). The molecular formula is C13H20N4OS. The lowest BCUT2D eigenvalue weighted by molar-refractivity contribution is -0.122. The van der Waals surface area contributed by atoms with E-state index in [9.17, 15) is 4.79 Å². The molecule has 6 heteroatoms. The number of nitrogens with zero attached hydrogens (tertiary/aromatic N) is 3. The molecule has 1 N–H and O–H groups in total. The molecule has 0 atom stereocenters. The second-order valence-corrected chi connectivity index (χ2v) is 5.34. The second kappa shape index (κ2) is 7.37. The lowest BCUT2D eigenvalue weighted by Gasteiger charge is -2.33. The highest BCUT2D eigenvalue weighted by Gasteiger charge is 2.17. The van der Waals surface area contributed by atoms with Gasteiger partial charge in [0.2, 0.25) is 0 Å². The highest BCUT2D eigenvalue weighted by atomic mass is 32.1. The van der Waals surface area contributed by atoms with Gasteiger partial charge in [-0.05, 0) is 23.4 Å². The summed E-state index contributed by atoms with van der Waals surface area (Å²) >= 11 is 1.61. The Morgan fingerprint density at radius 3 is 2.79 bits per heavy atom. The predicted octanol–water partition coefficient (Wildman–Crippen LogP) is 0.836. The monoisotopic (exact) mass is 280 g/mol. The van der Waals surface area contributed by atoms with Gasteiger partial charge in [-0.3, -0.25) is 9.69 Å². The molecule has 0 saturated carbocycles. The fourth-order valence-corrected chi connectivity index (χ4v) is 2.64. The average molecular weight is 280 g/mol. The Morgan fingerprint density at radius 2 is 2.16 bits per heavy atom. The van der Waals surface area contributed by atoms with E-state index in [4.69, 9.17) is 0 Å². The SMILES string of the molecule is CCN1CCN(CC(=O)N/N=C\c2ccsc2)CC1. The quantitative estimate of drug-likeness (QED) is 0.642. The van der Waals surface area contributed by atoms with Gasteiger partial charge in [0.15, 0.2) is 0 Å². The minimum Gasteiger partial charge on any atom is -0.301 e. The van der Waals surface area contributed by atoms with Crippen molar-refractivity contribution in [3.05, 3.63) is 22.4 Å². The molecule has 5 nitrogen and oxygen atoms in total. The summed E-state index contributed by atoms with van der Waals surface area (Å²) in [6.45, 7) is 7.68. The number of amides is 1. The smallest absolute Gasteiger partial charge is 0.254 e. The lowest BCUT2D eigenvalue weighted by atomic mass is 10.3. The first-order valence-electron chi connectivity index (χ1n) is 6.56. The topological polar surface area (TPSA) is 47.9 Å². The van der Waals surface area contributed by atoms with Crippen LogP contribution in [0, 0.1) is 0 Å². The Balaban J connectivity index is 1.67. The van der Waals surface area contributed by atoms with Crippen molar-refractivity contribution in [2.24, 2.45) is 5.10 Å². The van der Waals surface area contributed by atoms with Gasteiger partial charge < -0.3 is 4.90 Å². The molecule has 0 bridgehead atoms. The standard InChI is InChI=1S/C13H20N4OS/c1-2-16-4-6-17(7-5-16)10-13(18)15-14-9-12-3-8-19-11-12/h3,8-9,11H,2,4-7,10H2,1H3,(H,15,18)/b14-9-. The van der Waals surface area contributed by atoms with Crippen LogP contribution in [-0.4, -0.2) is 61.2 Å². The number of thiophene rings is 1. The largest absolute Gasteiger partial charge is 0.301 e. The van der Waals surface area contributed by atoms with E-state index in [2.05, 4.69) is 27.3 Å². The fraction of sp³-hybridized carbons (Fsp3) is 0.538. The summed E-state index contributed by atoms with van der Waals surface area (Å²) in [5.41, 5.74) is 3.59. The Kier molecular flexibility index (Phi) is 5.50. The molecule has 1 amide bonds. The van der Waals surface area contributed by atoms with E-state index < -0.39 is 0 Å². The number of piperazine rings is 1. The van der Waals surface area contributed by atoms with Crippen LogP contribution in [0.15, 0.2) is 21.9 Å². The van der Waals surface area contributed by atoms with E-state index in [1.54, 1.807) is 17.6 Å². The van der Waals surface area contributed by atoms with Gasteiger partial charge in [0.05, 0.1) is 12.8 Å². The molecule has 0 spiro atoms. The van der Waals surface area contributed by atoms with Gasteiger partial charge >= 0.3 is 0 Å². The molecule has 19 heavy (non-hydrogen) atoms. The Hall–Kier alpha value is -1.24. The van der Waals surface area contributed by atoms with Crippen LogP contribution in [0.4, 0.5) is 0 Å². The van der Waals surface area contributed by atoms with Gasteiger partial charge in [-0.2, -0.15) is 16.4 Å². The second-order valence-electron chi connectivity index (χ2n) is 4.56. The van der Waals surface area contributed by atoms with Gasteiger partial charge in [0, 0.05) is 31.7 Å². The van der Waals surface area contributed by atoms with Crippen LogP contribution in [0.3, 0.4) is 0 Å². The molecule has 1 aliphatic heterocycles. The summed E-state index contributed by atoms with van der Waals surface area (Å²) in [5.74, 6) is -0.0450. The molecule has 1 aromatic rings. The summed E-state index contributed by atoms with van der Waals surface area (Å²) in [6, 6.07) is 1.96. The summed E-state index contributed by atoms with van der Waals surface area (Å²) in [6.07, 6.45) is 1.67. The number of likely N-dealkylation sites (N-methyl/N-ethyl adjacent to an activating group) is 1. The molecular weight excluding hydrogens is 260 g/mol. The van der Waals surface area contributed by atoms with E-state index >= 15 is 0 Å². The zero-order valence-electron chi connectivity index (χ0n) is 11.2. The van der Waals surface area contributed by atoms with Crippen LogP contribution in [0.2, 0.25) is 0 Å². The van der Waals surface area contributed by atoms with Gasteiger partial charge in [-0.1, -0.05) is 6.92 Å². The fourth-order valence-electron chi connectivity index (χ4n) is 2.03. The molecule has 1 fully saturated rings. The van der Waals surface area contributed by atoms with Crippen LogP contribution in [0.5, 0.6) is 0 Å². The minimum absolute atomic E-state index is 0.0450. The average Bonchev–Trinajstić information content (AvgIpc) is 2.93. The number of hydrazone groups is 1. The number of carbonyl (C=O) groups excluding carboxylic acids is 1. The van der Waals surface area contributed by atoms with Crippen LogP contribution < -0.4 is 5.43 Å². The summed E-state index contributed by atoms with van der Waals surface area (Å²) < 4.78 is 0. The van der Waals surface area contributed by atoms with E-state index in [0.29, 0.717) is 6.54 Å². The molecule has 0 aromatic carbocycles. The first-order valence-corrected chi connectivity index (χ1v) is 7.51. The number of hydrogen-bond acceptors (Lipinski definition) is 5. The molecule has 1 saturated heterocycles. The zero-order chi connectivity index (χ0) is 13.5. The van der Waals surface area contributed by atoms with Gasteiger partial charge in [-0.15, -0.1) is 0 Å². The molecule has 1 aromatic heterocycles. The normalized spacial score (nSPS) is 17.9. The Morgan fingerprint density at radius 1 is 1.42 bits per heavy atom. The van der Waals surface area contributed by atoms with Crippen molar-refractivity contribution in [3.63, 3.8) is 0 Å². The maximum absolute atomic E-state index is 11.7. The van der Waals surface area contributed by atoms with E-state index in [-0.39, 0.29) is 5.91 Å². The molecule has 104 valence electrons. The van der Waals surface area contributed by atoms with Crippen LogP contribution in [0.25, 0.3) is 0 Å². The van der Waals surface area contributed by atoms with E-state index in [0.717, 1.165) is 38.3 Å². The van der Waals surface area contributed by atoms with Gasteiger partial charge in [0.25, 0.3) is 5.91 Å². The molecule has 0 aliphatic carbocycles. The van der Waals surface area contributed by atoms with Crippen LogP contribution >= 0.6 is 11.3 Å². The van der Waals surface area contributed by atoms with Gasteiger partial charge in [0.1, 0.15) is 0 Å².